The molecule has 2 aromatic heterocycles. The quantitative estimate of drug-likeness (QED) is 0.695. The molecule has 0 aliphatic heterocycles. The topological polar surface area (TPSA) is 105 Å². The summed E-state index contributed by atoms with van der Waals surface area (Å²) in [6.07, 6.45) is -2.63. The molecule has 1 aliphatic carbocycles. The van der Waals surface area contributed by atoms with E-state index in [9.17, 15) is 18.0 Å². The Morgan fingerprint density at radius 3 is 2.72 bits per heavy atom. The second-order valence-corrected chi connectivity index (χ2v) is 6.79. The van der Waals surface area contributed by atoms with Crippen molar-refractivity contribution in [1.82, 2.24) is 9.97 Å². The molecule has 1 amide bonds. The van der Waals surface area contributed by atoms with Gasteiger partial charge in [-0.1, -0.05) is 18.2 Å². The number of nitrogens with zero attached hydrogens (tertiary/aromatic N) is 3. The average molecular weight is 397 g/mol. The van der Waals surface area contributed by atoms with Gasteiger partial charge in [0.1, 0.15) is 11.6 Å². The molecule has 0 unspecified atom stereocenters. The monoisotopic (exact) mass is 397 g/mol. The Morgan fingerprint density at radius 1 is 1.28 bits per heavy atom. The Morgan fingerprint density at radius 2 is 2.03 bits per heavy atom. The van der Waals surface area contributed by atoms with Crippen LogP contribution in [0.15, 0.2) is 42.6 Å². The zero-order valence-electron chi connectivity index (χ0n) is 14.9. The van der Waals surface area contributed by atoms with Gasteiger partial charge in [0.25, 0.3) is 0 Å². The van der Waals surface area contributed by atoms with E-state index in [1.54, 1.807) is 0 Å². The summed E-state index contributed by atoms with van der Waals surface area (Å²) in [5.41, 5.74) is 5.10. The highest BCUT2D eigenvalue weighted by Gasteiger charge is 2.43. The smallest absolute Gasteiger partial charge is 0.383 e. The fourth-order valence-corrected chi connectivity index (χ4v) is 3.18. The molecule has 4 rings (SSSR count). The van der Waals surface area contributed by atoms with E-state index in [1.807, 2.05) is 6.07 Å². The van der Waals surface area contributed by atoms with Crippen LogP contribution in [-0.2, 0) is 11.0 Å². The number of fused-ring (bicyclic) bond motifs is 1. The van der Waals surface area contributed by atoms with E-state index < -0.39 is 11.7 Å². The molecular formula is C20H14F3N5O. The van der Waals surface area contributed by atoms with Crippen molar-refractivity contribution in [1.29, 1.82) is 5.26 Å². The molecule has 146 valence electrons. The molecule has 1 aliphatic rings. The van der Waals surface area contributed by atoms with Crippen LogP contribution < -0.4 is 11.1 Å². The lowest BCUT2D eigenvalue weighted by Crippen LogP contribution is -2.15. The van der Waals surface area contributed by atoms with Gasteiger partial charge < -0.3 is 11.1 Å². The molecule has 1 fully saturated rings. The maximum Gasteiger partial charge on any atom is 0.417 e. The molecule has 2 atom stereocenters. The number of rotatable bonds is 3. The Kier molecular flexibility index (Phi) is 4.34. The summed E-state index contributed by atoms with van der Waals surface area (Å²) in [6.45, 7) is 0. The summed E-state index contributed by atoms with van der Waals surface area (Å²) < 4.78 is 40.1. The van der Waals surface area contributed by atoms with E-state index in [2.05, 4.69) is 15.3 Å². The van der Waals surface area contributed by atoms with E-state index in [-0.39, 0.29) is 40.6 Å². The third-order valence-corrected chi connectivity index (χ3v) is 4.80. The predicted molar refractivity (Wildman–Crippen MR) is 100 cm³/mol. The lowest BCUT2D eigenvalue weighted by molar-refractivity contribution is -0.137. The molecule has 29 heavy (non-hydrogen) atoms. The third kappa shape index (κ3) is 3.57. The second-order valence-electron chi connectivity index (χ2n) is 6.79. The van der Waals surface area contributed by atoms with Crippen LogP contribution in [0.1, 0.15) is 12.0 Å². The van der Waals surface area contributed by atoms with Gasteiger partial charge in [0.2, 0.25) is 5.91 Å². The van der Waals surface area contributed by atoms with Crippen LogP contribution in [0, 0.1) is 23.2 Å². The number of amides is 1. The molecule has 6 nitrogen and oxygen atoms in total. The fourth-order valence-electron chi connectivity index (χ4n) is 3.18. The van der Waals surface area contributed by atoms with Crippen molar-refractivity contribution < 1.29 is 18.0 Å². The molecule has 3 N–H and O–H groups in total. The van der Waals surface area contributed by atoms with Gasteiger partial charge in [0.15, 0.2) is 0 Å². The SMILES string of the molecule is N#C[C@H]1C[C@@H]1C(=O)Nc1cc2cc(-c3ccccc3C(F)(F)F)nc(N)c2cn1. The van der Waals surface area contributed by atoms with Gasteiger partial charge in [-0.25, -0.2) is 9.97 Å². The standard InChI is InChI=1S/C20H14F3N5O/c21-20(22,23)15-4-2-1-3-12(15)16-6-10-7-17(26-9-14(10)18(25)27-16)28-19(29)13-5-11(13)8-24/h1-4,6-7,9,11,13H,5H2,(H2,25,27)(H,26,28,29)/t11-,13+/m1/s1. The first-order valence-electron chi connectivity index (χ1n) is 8.71. The molecule has 9 heteroatoms. The minimum absolute atomic E-state index is 0.0339. The van der Waals surface area contributed by atoms with Gasteiger partial charge in [0, 0.05) is 17.1 Å². The highest BCUT2D eigenvalue weighted by Crippen LogP contribution is 2.39. The van der Waals surface area contributed by atoms with E-state index in [1.165, 1.54) is 36.5 Å². The Bertz CT molecular complexity index is 1170. The summed E-state index contributed by atoms with van der Waals surface area (Å²) in [7, 11) is 0. The van der Waals surface area contributed by atoms with Crippen molar-refractivity contribution in [2.75, 3.05) is 11.1 Å². The largest absolute Gasteiger partial charge is 0.417 e. The second kappa shape index (κ2) is 6.74. The molecule has 3 aromatic rings. The number of nitrogen functional groups attached to an aromatic ring is 1. The number of carbonyl (C=O) groups excluding carboxylic acids is 1. The number of benzene rings is 1. The molecule has 0 saturated heterocycles. The normalized spacial score (nSPS) is 18.3. The van der Waals surface area contributed by atoms with E-state index in [4.69, 9.17) is 11.0 Å². The first kappa shape index (κ1) is 18.7. The minimum atomic E-state index is -4.54. The number of nitriles is 1. The summed E-state index contributed by atoms with van der Waals surface area (Å²) in [5, 5.41) is 12.4. The molecule has 0 spiro atoms. The van der Waals surface area contributed by atoms with Crippen LogP contribution in [0.3, 0.4) is 0 Å². The van der Waals surface area contributed by atoms with Crippen molar-refractivity contribution in [2.24, 2.45) is 11.8 Å². The molecular weight excluding hydrogens is 383 g/mol. The van der Waals surface area contributed by atoms with Crippen molar-refractivity contribution >= 4 is 28.3 Å². The molecule has 1 saturated carbocycles. The van der Waals surface area contributed by atoms with Crippen LogP contribution >= 0.6 is 0 Å². The number of pyridine rings is 2. The molecule has 0 radical (unpaired) electrons. The van der Waals surface area contributed by atoms with E-state index in [0.717, 1.165) is 6.07 Å². The van der Waals surface area contributed by atoms with E-state index in [0.29, 0.717) is 17.2 Å². The summed E-state index contributed by atoms with van der Waals surface area (Å²) in [5.74, 6) is -0.707. The number of nitrogens with one attached hydrogen (secondary N) is 1. The number of hydrogen-bond acceptors (Lipinski definition) is 5. The Balaban J connectivity index is 1.73. The maximum atomic E-state index is 13.4. The highest BCUT2D eigenvalue weighted by atomic mass is 19.4. The van der Waals surface area contributed by atoms with Gasteiger partial charge in [-0.05, 0) is 30.0 Å². The summed E-state index contributed by atoms with van der Waals surface area (Å²) >= 11 is 0. The zero-order valence-corrected chi connectivity index (χ0v) is 14.9. The number of halogens is 3. The Hall–Kier alpha value is -3.67. The minimum Gasteiger partial charge on any atom is -0.383 e. The van der Waals surface area contributed by atoms with Gasteiger partial charge in [-0.2, -0.15) is 18.4 Å². The van der Waals surface area contributed by atoms with Crippen LogP contribution in [0.4, 0.5) is 24.8 Å². The molecule has 1 aromatic carbocycles. The summed E-state index contributed by atoms with van der Waals surface area (Å²) in [6, 6.07) is 10.1. The van der Waals surface area contributed by atoms with Gasteiger partial charge in [-0.15, -0.1) is 0 Å². The van der Waals surface area contributed by atoms with Gasteiger partial charge in [-0.3, -0.25) is 4.79 Å². The number of nitrogens with two attached hydrogens (primary N) is 1. The third-order valence-electron chi connectivity index (χ3n) is 4.80. The molecule has 2 heterocycles. The van der Waals surface area contributed by atoms with E-state index >= 15 is 0 Å². The van der Waals surface area contributed by atoms with Crippen molar-refractivity contribution in [3.05, 3.63) is 48.2 Å². The zero-order chi connectivity index (χ0) is 20.8. The van der Waals surface area contributed by atoms with Gasteiger partial charge >= 0.3 is 6.18 Å². The Labute approximate surface area is 163 Å². The number of carbonyl (C=O) groups is 1. The van der Waals surface area contributed by atoms with Crippen molar-refractivity contribution in [2.45, 2.75) is 12.6 Å². The van der Waals surface area contributed by atoms with Crippen LogP contribution in [0.2, 0.25) is 0 Å². The fraction of sp³-hybridized carbons (Fsp3) is 0.200. The summed E-state index contributed by atoms with van der Waals surface area (Å²) in [4.78, 5) is 20.3. The van der Waals surface area contributed by atoms with Crippen LogP contribution in [0.25, 0.3) is 22.0 Å². The van der Waals surface area contributed by atoms with Gasteiger partial charge in [0.05, 0.1) is 29.2 Å². The highest BCUT2D eigenvalue weighted by molar-refractivity contribution is 5.98. The maximum absolute atomic E-state index is 13.4. The lowest BCUT2D eigenvalue weighted by atomic mass is 10.0. The first-order chi connectivity index (χ1) is 13.8. The average Bonchev–Trinajstić information content (AvgIpc) is 3.47. The number of alkyl halides is 3. The molecule has 0 bridgehead atoms. The van der Waals surface area contributed by atoms with Crippen LogP contribution in [-0.4, -0.2) is 15.9 Å². The van der Waals surface area contributed by atoms with Crippen LogP contribution in [0.5, 0.6) is 0 Å². The van der Waals surface area contributed by atoms with Crippen molar-refractivity contribution in [3.63, 3.8) is 0 Å². The van der Waals surface area contributed by atoms with Crippen molar-refractivity contribution in [3.8, 4) is 17.3 Å². The first-order valence-corrected chi connectivity index (χ1v) is 8.71. The lowest BCUT2D eigenvalue weighted by Gasteiger charge is -2.14. The predicted octanol–water partition coefficient (Wildman–Crippen LogP) is 4.00. The number of aromatic nitrogens is 2. The number of anilines is 2. The number of hydrogen-bond donors (Lipinski definition) is 2.